The van der Waals surface area contributed by atoms with Crippen molar-refractivity contribution in [1.29, 1.82) is 0 Å². The predicted octanol–water partition coefficient (Wildman–Crippen LogP) is 3.04. The number of nitrogens with one attached hydrogen (secondary N) is 1. The van der Waals surface area contributed by atoms with E-state index >= 15 is 0 Å². The van der Waals surface area contributed by atoms with Crippen LogP contribution in [-0.2, 0) is 17.8 Å². The number of methoxy groups -OCH3 is 1. The third-order valence-corrected chi connectivity index (χ3v) is 6.19. The van der Waals surface area contributed by atoms with Gasteiger partial charge in [0.1, 0.15) is 12.4 Å². The van der Waals surface area contributed by atoms with E-state index in [2.05, 4.69) is 17.3 Å². The van der Waals surface area contributed by atoms with Crippen LogP contribution in [0.1, 0.15) is 49.3 Å². The minimum absolute atomic E-state index is 0.0448. The highest BCUT2D eigenvalue weighted by atomic mass is 16.5. The number of amides is 1. The molecule has 0 unspecified atom stereocenters. The van der Waals surface area contributed by atoms with Crippen LogP contribution in [0.25, 0.3) is 0 Å². The standard InChI is InChI=1S/C24H33N5O3/c1-17(30)29-13-7-6-8-20(29)24-26-19-11-14-28(2)16-18(19)23(27-24)25-12-15-32-22-10-5-4-9-21(22)31-3/h4-5,9-10,20H,6-8,11-16H2,1-3H3,(H,25,26,27)/t20-/m1/s1. The molecule has 1 amide bonds. The number of carbonyl (C=O) groups is 1. The second-order valence-electron chi connectivity index (χ2n) is 8.49. The van der Waals surface area contributed by atoms with Crippen LogP contribution in [0.4, 0.5) is 5.82 Å². The molecular formula is C24H33N5O3. The fourth-order valence-electron chi connectivity index (χ4n) is 4.51. The number of ether oxygens (including phenoxy) is 2. The maximum Gasteiger partial charge on any atom is 0.220 e. The molecule has 32 heavy (non-hydrogen) atoms. The van der Waals surface area contributed by atoms with Crippen LogP contribution in [0.5, 0.6) is 11.5 Å². The number of hydrogen-bond donors (Lipinski definition) is 1. The number of nitrogens with zero attached hydrogens (tertiary/aromatic N) is 4. The van der Waals surface area contributed by atoms with Gasteiger partial charge < -0.3 is 24.6 Å². The zero-order valence-corrected chi connectivity index (χ0v) is 19.3. The molecule has 4 rings (SSSR count). The van der Waals surface area contributed by atoms with Gasteiger partial charge in [-0.2, -0.15) is 0 Å². The summed E-state index contributed by atoms with van der Waals surface area (Å²) in [6, 6.07) is 7.59. The Kier molecular flexibility index (Phi) is 7.09. The first kappa shape index (κ1) is 22.3. The fraction of sp³-hybridized carbons (Fsp3) is 0.542. The van der Waals surface area contributed by atoms with Crippen molar-refractivity contribution in [2.24, 2.45) is 0 Å². The fourth-order valence-corrected chi connectivity index (χ4v) is 4.51. The highest BCUT2D eigenvalue weighted by molar-refractivity contribution is 5.73. The Hall–Kier alpha value is -2.87. The van der Waals surface area contributed by atoms with Gasteiger partial charge in [-0.25, -0.2) is 9.97 Å². The Bertz CT molecular complexity index is 951. The van der Waals surface area contributed by atoms with E-state index in [-0.39, 0.29) is 11.9 Å². The number of rotatable bonds is 7. The Labute approximate surface area is 189 Å². The van der Waals surface area contributed by atoms with Gasteiger partial charge in [-0.3, -0.25) is 4.79 Å². The van der Waals surface area contributed by atoms with Crippen molar-refractivity contribution < 1.29 is 14.3 Å². The van der Waals surface area contributed by atoms with Crippen LogP contribution in [-0.4, -0.2) is 66.1 Å². The molecular weight excluding hydrogens is 406 g/mol. The number of fused-ring (bicyclic) bond motifs is 1. The zero-order chi connectivity index (χ0) is 22.5. The van der Waals surface area contributed by atoms with E-state index in [9.17, 15) is 4.79 Å². The van der Waals surface area contributed by atoms with Crippen LogP contribution in [0.15, 0.2) is 24.3 Å². The van der Waals surface area contributed by atoms with Gasteiger partial charge in [0.2, 0.25) is 5.91 Å². The summed E-state index contributed by atoms with van der Waals surface area (Å²) in [5.74, 6) is 3.15. The normalized spacial score (nSPS) is 18.7. The number of carbonyl (C=O) groups excluding carboxylic acids is 1. The van der Waals surface area contributed by atoms with Crippen LogP contribution in [0.3, 0.4) is 0 Å². The lowest BCUT2D eigenvalue weighted by molar-refractivity contribution is -0.132. The summed E-state index contributed by atoms with van der Waals surface area (Å²) in [4.78, 5) is 26.3. The van der Waals surface area contributed by atoms with Crippen molar-refractivity contribution in [3.05, 3.63) is 41.3 Å². The van der Waals surface area contributed by atoms with E-state index in [1.54, 1.807) is 14.0 Å². The number of piperidine rings is 1. The molecule has 2 aromatic rings. The molecule has 0 radical (unpaired) electrons. The largest absolute Gasteiger partial charge is 0.493 e. The second-order valence-corrected chi connectivity index (χ2v) is 8.49. The average Bonchev–Trinajstić information content (AvgIpc) is 2.82. The summed E-state index contributed by atoms with van der Waals surface area (Å²) >= 11 is 0. The molecule has 172 valence electrons. The van der Waals surface area contributed by atoms with Crippen molar-refractivity contribution in [2.75, 3.05) is 45.7 Å². The molecule has 0 spiro atoms. The number of aromatic nitrogens is 2. The van der Waals surface area contributed by atoms with Gasteiger partial charge >= 0.3 is 0 Å². The highest BCUT2D eigenvalue weighted by Crippen LogP contribution is 2.32. The first-order chi connectivity index (χ1) is 15.6. The summed E-state index contributed by atoms with van der Waals surface area (Å²) < 4.78 is 11.3. The second kappa shape index (κ2) is 10.2. The molecule has 0 saturated carbocycles. The quantitative estimate of drug-likeness (QED) is 0.664. The van der Waals surface area contributed by atoms with Crippen molar-refractivity contribution in [2.45, 2.75) is 45.2 Å². The topological polar surface area (TPSA) is 79.8 Å². The summed E-state index contributed by atoms with van der Waals surface area (Å²) in [5, 5.41) is 3.48. The number of benzene rings is 1. The van der Waals surface area contributed by atoms with Crippen molar-refractivity contribution in [1.82, 2.24) is 19.8 Å². The third-order valence-electron chi connectivity index (χ3n) is 6.19. The van der Waals surface area contributed by atoms with Crippen LogP contribution < -0.4 is 14.8 Å². The smallest absolute Gasteiger partial charge is 0.220 e. The zero-order valence-electron chi connectivity index (χ0n) is 19.3. The lowest BCUT2D eigenvalue weighted by Crippen LogP contribution is -2.38. The van der Waals surface area contributed by atoms with E-state index in [0.29, 0.717) is 13.2 Å². The van der Waals surface area contributed by atoms with Gasteiger partial charge in [-0.15, -0.1) is 0 Å². The van der Waals surface area contributed by atoms with Gasteiger partial charge in [0, 0.05) is 38.5 Å². The maximum absolute atomic E-state index is 12.2. The average molecular weight is 440 g/mol. The first-order valence-corrected chi connectivity index (χ1v) is 11.4. The predicted molar refractivity (Wildman–Crippen MR) is 123 cm³/mol. The van der Waals surface area contributed by atoms with Crippen LogP contribution in [0.2, 0.25) is 0 Å². The Morgan fingerprint density at radius 3 is 2.78 bits per heavy atom. The molecule has 2 aliphatic heterocycles. The molecule has 0 aliphatic carbocycles. The van der Waals surface area contributed by atoms with Gasteiger partial charge in [0.25, 0.3) is 0 Å². The molecule has 8 heteroatoms. The van der Waals surface area contributed by atoms with Crippen molar-refractivity contribution >= 4 is 11.7 Å². The van der Waals surface area contributed by atoms with Crippen LogP contribution in [0, 0.1) is 0 Å². The van der Waals surface area contributed by atoms with Gasteiger partial charge in [-0.05, 0) is 38.4 Å². The monoisotopic (exact) mass is 439 g/mol. The van der Waals surface area contributed by atoms with Gasteiger partial charge in [0.15, 0.2) is 17.3 Å². The Balaban J connectivity index is 1.52. The summed E-state index contributed by atoms with van der Waals surface area (Å²) in [7, 11) is 3.76. The van der Waals surface area contributed by atoms with Gasteiger partial charge in [0.05, 0.1) is 25.4 Å². The molecule has 0 bridgehead atoms. The van der Waals surface area contributed by atoms with E-state index in [4.69, 9.17) is 19.4 Å². The van der Waals surface area contributed by atoms with Crippen molar-refractivity contribution in [3.63, 3.8) is 0 Å². The van der Waals surface area contributed by atoms with Crippen molar-refractivity contribution in [3.8, 4) is 11.5 Å². The van der Waals surface area contributed by atoms with E-state index in [1.165, 1.54) is 0 Å². The van der Waals surface area contributed by atoms with Crippen LogP contribution >= 0.6 is 0 Å². The third kappa shape index (κ3) is 4.96. The molecule has 1 N–H and O–H groups in total. The van der Waals surface area contributed by atoms with E-state index < -0.39 is 0 Å². The SMILES string of the molecule is COc1ccccc1OCCNc1nc([C@H]2CCCCN2C(C)=O)nc2c1CN(C)CC2. The Morgan fingerprint density at radius 1 is 1.19 bits per heavy atom. The van der Waals surface area contributed by atoms with E-state index in [0.717, 1.165) is 79.7 Å². The number of likely N-dealkylation sites (N-methyl/N-ethyl adjacent to an activating group) is 1. The first-order valence-electron chi connectivity index (χ1n) is 11.4. The molecule has 3 heterocycles. The number of likely N-dealkylation sites (tertiary alicyclic amines) is 1. The maximum atomic E-state index is 12.2. The minimum Gasteiger partial charge on any atom is -0.493 e. The van der Waals surface area contributed by atoms with E-state index in [1.807, 2.05) is 29.2 Å². The molecule has 1 atom stereocenters. The lowest BCUT2D eigenvalue weighted by atomic mass is 10.00. The van der Waals surface area contributed by atoms with Gasteiger partial charge in [-0.1, -0.05) is 12.1 Å². The summed E-state index contributed by atoms with van der Waals surface area (Å²) in [6.45, 7) is 5.28. The number of hydrogen-bond acceptors (Lipinski definition) is 7. The lowest BCUT2D eigenvalue weighted by Gasteiger charge is -2.35. The molecule has 1 aromatic carbocycles. The molecule has 1 fully saturated rings. The number of para-hydroxylation sites is 2. The highest BCUT2D eigenvalue weighted by Gasteiger charge is 2.30. The molecule has 1 saturated heterocycles. The molecule has 2 aliphatic rings. The summed E-state index contributed by atoms with van der Waals surface area (Å²) in [6.07, 6.45) is 3.93. The molecule has 8 nitrogen and oxygen atoms in total. The molecule has 1 aromatic heterocycles. The number of anilines is 1. The summed E-state index contributed by atoms with van der Waals surface area (Å²) in [5.41, 5.74) is 2.24. The Morgan fingerprint density at radius 2 is 2.00 bits per heavy atom. The minimum atomic E-state index is -0.0448.